The summed E-state index contributed by atoms with van der Waals surface area (Å²) in [7, 11) is 3.25. The van der Waals surface area contributed by atoms with Crippen molar-refractivity contribution in [2.75, 3.05) is 27.4 Å². The standard InChI is InChI=1S/C8H16N2O3/c1-12-5-6-3-7(13-2)4-10(6)8(9)11/h6-7H,3-5H2,1-2H3,(H2,9,11)/t6-,7-/m0/s1. The summed E-state index contributed by atoms with van der Waals surface area (Å²) in [4.78, 5) is 12.6. The molecule has 1 rings (SSSR count). The number of hydrogen-bond acceptors (Lipinski definition) is 3. The Morgan fingerprint density at radius 3 is 2.77 bits per heavy atom. The summed E-state index contributed by atoms with van der Waals surface area (Å²) >= 11 is 0. The zero-order valence-corrected chi connectivity index (χ0v) is 8.03. The third kappa shape index (κ3) is 2.32. The second kappa shape index (κ2) is 4.43. The van der Waals surface area contributed by atoms with Crippen LogP contribution in [-0.4, -0.2) is 50.4 Å². The van der Waals surface area contributed by atoms with Crippen molar-refractivity contribution in [1.82, 2.24) is 4.90 Å². The molecule has 2 atom stereocenters. The van der Waals surface area contributed by atoms with Gasteiger partial charge in [-0.05, 0) is 6.42 Å². The predicted octanol–water partition coefficient (Wildman–Crippen LogP) is -0.199. The molecule has 1 aliphatic heterocycles. The molecular weight excluding hydrogens is 172 g/mol. The van der Waals surface area contributed by atoms with Crippen LogP contribution in [0, 0.1) is 0 Å². The Morgan fingerprint density at radius 1 is 1.62 bits per heavy atom. The molecule has 1 fully saturated rings. The van der Waals surface area contributed by atoms with Crippen LogP contribution in [0.25, 0.3) is 0 Å². The van der Waals surface area contributed by atoms with Gasteiger partial charge in [-0.3, -0.25) is 0 Å². The molecule has 76 valence electrons. The summed E-state index contributed by atoms with van der Waals surface area (Å²) in [5.41, 5.74) is 5.21. The normalized spacial score (nSPS) is 28.0. The largest absolute Gasteiger partial charge is 0.383 e. The van der Waals surface area contributed by atoms with Crippen molar-refractivity contribution in [2.24, 2.45) is 5.73 Å². The van der Waals surface area contributed by atoms with E-state index in [1.807, 2.05) is 0 Å². The first-order chi connectivity index (χ1) is 6.19. The van der Waals surface area contributed by atoms with Gasteiger partial charge in [-0.15, -0.1) is 0 Å². The highest BCUT2D eigenvalue weighted by Crippen LogP contribution is 2.19. The lowest BCUT2D eigenvalue weighted by atomic mass is 10.2. The number of hydrogen-bond donors (Lipinski definition) is 1. The number of ether oxygens (including phenoxy) is 2. The molecule has 0 saturated carbocycles. The average Bonchev–Trinajstić information content (AvgIpc) is 2.48. The Labute approximate surface area is 77.8 Å². The van der Waals surface area contributed by atoms with E-state index in [2.05, 4.69) is 0 Å². The monoisotopic (exact) mass is 188 g/mol. The van der Waals surface area contributed by atoms with Gasteiger partial charge in [0.05, 0.1) is 18.8 Å². The van der Waals surface area contributed by atoms with Gasteiger partial charge in [0.15, 0.2) is 0 Å². The molecule has 1 heterocycles. The number of nitrogens with two attached hydrogens (primary N) is 1. The van der Waals surface area contributed by atoms with Crippen LogP contribution in [0.1, 0.15) is 6.42 Å². The number of likely N-dealkylation sites (tertiary alicyclic amines) is 1. The SMILES string of the molecule is COC[C@@H]1C[C@H](OC)CN1C(N)=O. The Hall–Kier alpha value is -0.810. The molecule has 1 saturated heterocycles. The number of rotatable bonds is 3. The summed E-state index contributed by atoms with van der Waals surface area (Å²) in [6, 6.07) is -0.339. The van der Waals surface area contributed by atoms with Gasteiger partial charge in [0.25, 0.3) is 0 Å². The lowest BCUT2D eigenvalue weighted by molar-refractivity contribution is 0.110. The van der Waals surface area contributed by atoms with E-state index >= 15 is 0 Å². The molecule has 0 aromatic heterocycles. The van der Waals surface area contributed by atoms with Gasteiger partial charge in [0.1, 0.15) is 0 Å². The molecule has 0 spiro atoms. The third-order valence-electron chi connectivity index (χ3n) is 2.35. The van der Waals surface area contributed by atoms with Gasteiger partial charge in [-0.25, -0.2) is 4.79 Å². The van der Waals surface area contributed by atoms with Crippen molar-refractivity contribution in [1.29, 1.82) is 0 Å². The molecule has 0 bridgehead atoms. The van der Waals surface area contributed by atoms with E-state index in [-0.39, 0.29) is 12.1 Å². The first-order valence-electron chi connectivity index (χ1n) is 4.26. The zero-order chi connectivity index (χ0) is 9.84. The molecular formula is C8H16N2O3. The van der Waals surface area contributed by atoms with Crippen molar-refractivity contribution in [3.05, 3.63) is 0 Å². The average molecular weight is 188 g/mol. The maximum absolute atomic E-state index is 11.0. The molecule has 2 amide bonds. The summed E-state index contributed by atoms with van der Waals surface area (Å²) in [6.45, 7) is 1.09. The van der Waals surface area contributed by atoms with Crippen LogP contribution in [0.4, 0.5) is 4.79 Å². The first kappa shape index (κ1) is 10.3. The number of methoxy groups -OCH3 is 2. The Balaban J connectivity index is 2.54. The number of carbonyl (C=O) groups is 1. The first-order valence-corrected chi connectivity index (χ1v) is 4.26. The number of urea groups is 1. The van der Waals surface area contributed by atoms with Gasteiger partial charge in [-0.1, -0.05) is 0 Å². The quantitative estimate of drug-likeness (QED) is 0.667. The van der Waals surface area contributed by atoms with Crippen molar-refractivity contribution in [2.45, 2.75) is 18.6 Å². The maximum Gasteiger partial charge on any atom is 0.315 e. The van der Waals surface area contributed by atoms with E-state index in [9.17, 15) is 4.79 Å². The van der Waals surface area contributed by atoms with E-state index in [0.29, 0.717) is 13.2 Å². The molecule has 0 aromatic carbocycles. The molecule has 2 N–H and O–H groups in total. The van der Waals surface area contributed by atoms with E-state index in [1.165, 1.54) is 0 Å². The fraction of sp³-hybridized carbons (Fsp3) is 0.875. The van der Waals surface area contributed by atoms with Crippen molar-refractivity contribution < 1.29 is 14.3 Å². The van der Waals surface area contributed by atoms with Gasteiger partial charge in [0, 0.05) is 20.8 Å². The van der Waals surface area contributed by atoms with Gasteiger partial charge >= 0.3 is 6.03 Å². The lowest BCUT2D eigenvalue weighted by Gasteiger charge is -2.20. The summed E-state index contributed by atoms with van der Waals surface area (Å²) in [5, 5.41) is 0. The molecule has 1 aliphatic rings. The van der Waals surface area contributed by atoms with Gasteiger partial charge in [-0.2, -0.15) is 0 Å². The third-order valence-corrected chi connectivity index (χ3v) is 2.35. The predicted molar refractivity (Wildman–Crippen MR) is 47.4 cm³/mol. The highest BCUT2D eigenvalue weighted by Gasteiger charge is 2.33. The fourth-order valence-electron chi connectivity index (χ4n) is 1.66. The van der Waals surface area contributed by atoms with E-state index in [0.717, 1.165) is 6.42 Å². The van der Waals surface area contributed by atoms with Crippen LogP contribution < -0.4 is 5.73 Å². The Morgan fingerprint density at radius 2 is 2.31 bits per heavy atom. The summed E-state index contributed by atoms with van der Waals surface area (Å²) in [5.74, 6) is 0. The van der Waals surface area contributed by atoms with Gasteiger partial charge in [0.2, 0.25) is 0 Å². The van der Waals surface area contributed by atoms with Crippen molar-refractivity contribution in [3.8, 4) is 0 Å². The summed E-state index contributed by atoms with van der Waals surface area (Å²) in [6.07, 6.45) is 0.889. The highest BCUT2D eigenvalue weighted by atomic mass is 16.5. The van der Waals surface area contributed by atoms with Crippen molar-refractivity contribution in [3.63, 3.8) is 0 Å². The van der Waals surface area contributed by atoms with E-state index < -0.39 is 6.03 Å². The number of carbonyl (C=O) groups excluding carboxylic acids is 1. The topological polar surface area (TPSA) is 64.8 Å². The van der Waals surface area contributed by atoms with Crippen molar-refractivity contribution >= 4 is 6.03 Å². The second-order valence-corrected chi connectivity index (χ2v) is 3.19. The minimum atomic E-state index is -0.401. The summed E-state index contributed by atoms with van der Waals surface area (Å²) < 4.78 is 10.2. The molecule has 5 nitrogen and oxygen atoms in total. The fourth-order valence-corrected chi connectivity index (χ4v) is 1.66. The maximum atomic E-state index is 11.0. The van der Waals surface area contributed by atoms with Gasteiger partial charge < -0.3 is 20.1 Å². The molecule has 0 aliphatic carbocycles. The number of primary amides is 1. The minimum absolute atomic E-state index is 0.0625. The number of amides is 2. The Kier molecular flexibility index (Phi) is 3.50. The van der Waals surface area contributed by atoms with Crippen LogP contribution in [0.3, 0.4) is 0 Å². The van der Waals surface area contributed by atoms with E-state index in [1.54, 1.807) is 19.1 Å². The molecule has 0 aromatic rings. The van der Waals surface area contributed by atoms with Crippen LogP contribution in [0.5, 0.6) is 0 Å². The van der Waals surface area contributed by atoms with Crippen LogP contribution in [0.15, 0.2) is 0 Å². The molecule has 13 heavy (non-hydrogen) atoms. The second-order valence-electron chi connectivity index (χ2n) is 3.19. The van der Waals surface area contributed by atoms with E-state index in [4.69, 9.17) is 15.2 Å². The number of nitrogens with zero attached hydrogens (tertiary/aromatic N) is 1. The minimum Gasteiger partial charge on any atom is -0.383 e. The zero-order valence-electron chi connectivity index (χ0n) is 8.03. The molecule has 5 heteroatoms. The molecule has 0 unspecified atom stereocenters. The lowest BCUT2D eigenvalue weighted by Crippen LogP contribution is -2.41. The Bertz CT molecular complexity index is 186. The van der Waals surface area contributed by atoms with Crippen LogP contribution in [0.2, 0.25) is 0 Å². The van der Waals surface area contributed by atoms with Crippen LogP contribution in [-0.2, 0) is 9.47 Å². The molecule has 0 radical (unpaired) electrons. The van der Waals surface area contributed by atoms with Crippen LogP contribution >= 0.6 is 0 Å². The highest BCUT2D eigenvalue weighted by molar-refractivity contribution is 5.72. The smallest absolute Gasteiger partial charge is 0.315 e.